The molecule has 5 heteroatoms. The molecule has 0 radical (unpaired) electrons. The quantitative estimate of drug-likeness (QED) is 0.595. The van der Waals surface area contributed by atoms with Gasteiger partial charge in [0.25, 0.3) is 0 Å². The molecule has 0 spiro atoms. The maximum absolute atomic E-state index is 10.3. The van der Waals surface area contributed by atoms with Gasteiger partial charge in [-0.25, -0.2) is 4.79 Å². The molecule has 0 saturated heterocycles. The molecule has 5 nitrogen and oxygen atoms in total. The Morgan fingerprint density at radius 1 is 1.58 bits per heavy atom. The zero-order valence-corrected chi connectivity index (χ0v) is 6.14. The van der Waals surface area contributed by atoms with Gasteiger partial charge in [-0.2, -0.15) is 0 Å². The number of hydrogen-bond acceptors (Lipinski definition) is 4. The Hall–Kier alpha value is -1.91. The Kier molecular flexibility index (Phi) is 2.37. The molecule has 0 aromatic carbocycles. The summed E-state index contributed by atoms with van der Waals surface area (Å²) in [6, 6.07) is 0. The van der Waals surface area contributed by atoms with Crippen molar-refractivity contribution in [1.82, 2.24) is 9.97 Å². The number of nitrogens with two attached hydrogens (primary N) is 1. The van der Waals surface area contributed by atoms with E-state index in [1.54, 1.807) is 0 Å². The van der Waals surface area contributed by atoms with Crippen LogP contribution in [0.25, 0.3) is 6.08 Å². The SMILES string of the molecule is N/C(=C/c1cnccn1)C(=O)O. The number of nitrogens with zero attached hydrogens (tertiary/aromatic N) is 2. The van der Waals surface area contributed by atoms with E-state index in [1.165, 1.54) is 24.7 Å². The number of carbonyl (C=O) groups is 1. The smallest absolute Gasteiger partial charge is 0.351 e. The van der Waals surface area contributed by atoms with Crippen molar-refractivity contribution in [2.24, 2.45) is 5.73 Å². The maximum atomic E-state index is 10.3. The normalized spacial score (nSPS) is 11.2. The molecule has 0 aliphatic rings. The molecule has 1 heterocycles. The van der Waals surface area contributed by atoms with Crippen LogP contribution in [0.3, 0.4) is 0 Å². The first-order chi connectivity index (χ1) is 5.70. The average Bonchev–Trinajstić information content (AvgIpc) is 2.06. The molecule has 1 rings (SSSR count). The van der Waals surface area contributed by atoms with Crippen molar-refractivity contribution in [2.75, 3.05) is 0 Å². The average molecular weight is 165 g/mol. The van der Waals surface area contributed by atoms with E-state index in [1.807, 2.05) is 0 Å². The van der Waals surface area contributed by atoms with Gasteiger partial charge in [0.1, 0.15) is 5.70 Å². The van der Waals surface area contributed by atoms with E-state index in [0.717, 1.165) is 0 Å². The number of carboxylic acid groups (broad SMARTS) is 1. The molecule has 0 bridgehead atoms. The van der Waals surface area contributed by atoms with Crippen molar-refractivity contribution in [3.63, 3.8) is 0 Å². The van der Waals surface area contributed by atoms with Crippen LogP contribution in [0.1, 0.15) is 5.69 Å². The topological polar surface area (TPSA) is 89.1 Å². The molecule has 0 atom stereocenters. The second kappa shape index (κ2) is 3.47. The molecule has 0 amide bonds. The summed E-state index contributed by atoms with van der Waals surface area (Å²) in [4.78, 5) is 17.8. The first kappa shape index (κ1) is 8.19. The largest absolute Gasteiger partial charge is 0.477 e. The Bertz CT molecular complexity index is 308. The van der Waals surface area contributed by atoms with Crippen molar-refractivity contribution < 1.29 is 9.90 Å². The molecule has 0 unspecified atom stereocenters. The van der Waals surface area contributed by atoms with Crippen LogP contribution in [0.15, 0.2) is 24.3 Å². The van der Waals surface area contributed by atoms with Gasteiger partial charge in [0, 0.05) is 12.4 Å². The number of hydrogen-bond donors (Lipinski definition) is 2. The maximum Gasteiger partial charge on any atom is 0.351 e. The zero-order valence-electron chi connectivity index (χ0n) is 6.14. The summed E-state index contributed by atoms with van der Waals surface area (Å²) in [5.74, 6) is -1.17. The lowest BCUT2D eigenvalue weighted by Crippen LogP contribution is -2.09. The summed E-state index contributed by atoms with van der Waals surface area (Å²) in [6.07, 6.45) is 5.63. The van der Waals surface area contributed by atoms with Crippen LogP contribution in [0.4, 0.5) is 0 Å². The van der Waals surface area contributed by atoms with Crippen LogP contribution in [0, 0.1) is 0 Å². The third kappa shape index (κ3) is 2.05. The van der Waals surface area contributed by atoms with E-state index < -0.39 is 5.97 Å². The second-order valence-corrected chi connectivity index (χ2v) is 2.04. The van der Waals surface area contributed by atoms with Crippen LogP contribution in [0.5, 0.6) is 0 Å². The fourth-order valence-electron chi connectivity index (χ4n) is 0.606. The van der Waals surface area contributed by atoms with Crippen molar-refractivity contribution in [3.05, 3.63) is 30.0 Å². The standard InChI is InChI=1S/C7H7N3O2/c8-6(7(11)12)3-5-4-9-1-2-10-5/h1-4H,8H2,(H,11,12)/b6-3+. The summed E-state index contributed by atoms with van der Waals surface area (Å²) in [5, 5.41) is 8.40. The lowest BCUT2D eigenvalue weighted by molar-refractivity contribution is -0.132. The molecule has 0 aliphatic carbocycles. The van der Waals surface area contributed by atoms with Crippen LogP contribution in [-0.2, 0) is 4.79 Å². The number of carboxylic acids is 1. The van der Waals surface area contributed by atoms with Crippen molar-refractivity contribution in [1.29, 1.82) is 0 Å². The molecule has 0 saturated carbocycles. The molecular formula is C7H7N3O2. The molecule has 0 aliphatic heterocycles. The van der Waals surface area contributed by atoms with E-state index >= 15 is 0 Å². The minimum atomic E-state index is -1.17. The highest BCUT2D eigenvalue weighted by molar-refractivity contribution is 5.90. The third-order valence-electron chi connectivity index (χ3n) is 1.13. The van der Waals surface area contributed by atoms with Gasteiger partial charge in [0.15, 0.2) is 0 Å². The highest BCUT2D eigenvalue weighted by atomic mass is 16.4. The van der Waals surface area contributed by atoms with Gasteiger partial charge in [-0.05, 0) is 6.08 Å². The molecule has 1 aromatic rings. The van der Waals surface area contributed by atoms with Gasteiger partial charge in [-0.15, -0.1) is 0 Å². The van der Waals surface area contributed by atoms with Crippen LogP contribution in [0.2, 0.25) is 0 Å². The fourth-order valence-corrected chi connectivity index (χ4v) is 0.606. The van der Waals surface area contributed by atoms with Gasteiger partial charge in [0.05, 0.1) is 11.9 Å². The molecule has 0 fully saturated rings. The molecule has 1 aromatic heterocycles. The summed E-state index contributed by atoms with van der Waals surface area (Å²) in [6.45, 7) is 0. The number of aromatic nitrogens is 2. The summed E-state index contributed by atoms with van der Waals surface area (Å²) >= 11 is 0. The van der Waals surface area contributed by atoms with Crippen molar-refractivity contribution >= 4 is 12.0 Å². The lowest BCUT2D eigenvalue weighted by atomic mass is 10.3. The molecule has 3 N–H and O–H groups in total. The minimum absolute atomic E-state index is 0.254. The zero-order chi connectivity index (χ0) is 8.97. The van der Waals surface area contributed by atoms with Crippen molar-refractivity contribution in [2.45, 2.75) is 0 Å². The molecular weight excluding hydrogens is 158 g/mol. The van der Waals surface area contributed by atoms with Gasteiger partial charge >= 0.3 is 5.97 Å². The highest BCUT2D eigenvalue weighted by Gasteiger charge is 2.00. The van der Waals surface area contributed by atoms with E-state index in [0.29, 0.717) is 5.69 Å². The first-order valence-electron chi connectivity index (χ1n) is 3.16. The molecule has 12 heavy (non-hydrogen) atoms. The van der Waals surface area contributed by atoms with E-state index in [2.05, 4.69) is 9.97 Å². The van der Waals surface area contributed by atoms with E-state index in [4.69, 9.17) is 10.8 Å². The Morgan fingerprint density at radius 2 is 2.33 bits per heavy atom. The fraction of sp³-hybridized carbons (Fsp3) is 0. The number of rotatable bonds is 2. The van der Waals surface area contributed by atoms with Gasteiger partial charge < -0.3 is 10.8 Å². The van der Waals surface area contributed by atoms with Gasteiger partial charge in [0.2, 0.25) is 0 Å². The predicted molar refractivity (Wildman–Crippen MR) is 41.8 cm³/mol. The summed E-state index contributed by atoms with van der Waals surface area (Å²) < 4.78 is 0. The van der Waals surface area contributed by atoms with E-state index in [9.17, 15) is 4.79 Å². The van der Waals surface area contributed by atoms with E-state index in [-0.39, 0.29) is 5.70 Å². The number of aliphatic carboxylic acids is 1. The minimum Gasteiger partial charge on any atom is -0.477 e. The van der Waals surface area contributed by atoms with Crippen LogP contribution in [-0.4, -0.2) is 21.0 Å². The van der Waals surface area contributed by atoms with Gasteiger partial charge in [-0.1, -0.05) is 0 Å². The van der Waals surface area contributed by atoms with Crippen molar-refractivity contribution in [3.8, 4) is 0 Å². The summed E-state index contributed by atoms with van der Waals surface area (Å²) in [5.41, 5.74) is 5.32. The lowest BCUT2D eigenvalue weighted by Gasteiger charge is -1.92. The second-order valence-electron chi connectivity index (χ2n) is 2.04. The summed E-state index contributed by atoms with van der Waals surface area (Å²) in [7, 11) is 0. The predicted octanol–water partition coefficient (Wildman–Crippen LogP) is -0.139. The van der Waals surface area contributed by atoms with Crippen LogP contribution >= 0.6 is 0 Å². The Morgan fingerprint density at radius 3 is 2.83 bits per heavy atom. The Balaban J connectivity index is 2.89. The Labute approximate surface area is 68.6 Å². The third-order valence-corrected chi connectivity index (χ3v) is 1.13. The highest BCUT2D eigenvalue weighted by Crippen LogP contribution is 1.96. The molecule has 62 valence electrons. The van der Waals surface area contributed by atoms with Gasteiger partial charge in [-0.3, -0.25) is 9.97 Å². The van der Waals surface area contributed by atoms with Crippen LogP contribution < -0.4 is 5.73 Å². The first-order valence-corrected chi connectivity index (χ1v) is 3.16. The monoisotopic (exact) mass is 165 g/mol.